The molecule has 1 saturated carbocycles. The molecule has 0 spiro atoms. The van der Waals surface area contributed by atoms with Gasteiger partial charge in [0.1, 0.15) is 5.69 Å². The lowest BCUT2D eigenvalue weighted by molar-refractivity contribution is 0.0486. The predicted octanol–water partition coefficient (Wildman–Crippen LogP) is 6.64. The van der Waals surface area contributed by atoms with Gasteiger partial charge in [0, 0.05) is 12.1 Å². The molecule has 0 N–H and O–H groups in total. The van der Waals surface area contributed by atoms with Crippen molar-refractivity contribution in [2.75, 3.05) is 6.54 Å². The Labute approximate surface area is 207 Å². The number of amides is 1. The quantitative estimate of drug-likeness (QED) is 0.334. The third kappa shape index (κ3) is 3.78. The van der Waals surface area contributed by atoms with E-state index in [0.717, 1.165) is 47.6 Å². The minimum atomic E-state index is 0.120. The molecule has 2 aliphatic rings. The molecule has 0 saturated heterocycles. The van der Waals surface area contributed by atoms with Crippen LogP contribution in [0.3, 0.4) is 0 Å². The summed E-state index contributed by atoms with van der Waals surface area (Å²) in [6.07, 6.45) is 5.28. The minimum absolute atomic E-state index is 0.120. The van der Waals surface area contributed by atoms with E-state index in [0.29, 0.717) is 5.92 Å². The first kappa shape index (κ1) is 21.8. The van der Waals surface area contributed by atoms with Crippen LogP contribution in [-0.4, -0.2) is 27.1 Å². The van der Waals surface area contributed by atoms with Crippen LogP contribution < -0.4 is 0 Å². The second-order valence-corrected chi connectivity index (χ2v) is 9.72. The van der Waals surface area contributed by atoms with Gasteiger partial charge in [-0.05, 0) is 54.9 Å². The summed E-state index contributed by atoms with van der Waals surface area (Å²) in [5.74, 6) is 0.657. The predicted molar refractivity (Wildman–Crippen MR) is 140 cm³/mol. The highest BCUT2D eigenvalue weighted by molar-refractivity contribution is 6.01. The molecule has 6 rings (SSSR count). The number of rotatable bonds is 5. The van der Waals surface area contributed by atoms with Crippen molar-refractivity contribution in [3.8, 4) is 16.9 Å². The van der Waals surface area contributed by atoms with Crippen molar-refractivity contribution in [1.29, 1.82) is 0 Å². The highest BCUT2D eigenvalue weighted by Gasteiger charge is 2.40. The van der Waals surface area contributed by atoms with Crippen molar-refractivity contribution in [1.82, 2.24) is 14.7 Å². The fourth-order valence-electron chi connectivity index (χ4n) is 5.82. The van der Waals surface area contributed by atoms with Crippen molar-refractivity contribution >= 4 is 5.91 Å². The van der Waals surface area contributed by atoms with Crippen LogP contribution in [0.5, 0.6) is 0 Å². The average molecular weight is 462 g/mol. The molecule has 35 heavy (non-hydrogen) atoms. The number of carbonyl (C=O) groups is 1. The summed E-state index contributed by atoms with van der Waals surface area (Å²) < 4.78 is 1.98. The van der Waals surface area contributed by atoms with E-state index in [1.165, 1.54) is 30.4 Å². The SMILES string of the molecule is CCc1c(C(=O)N2CCc3ccccc3C2C2CCC2)c(-c2ccccc2)nn1-c1ccccc1. The van der Waals surface area contributed by atoms with E-state index in [2.05, 4.69) is 60.4 Å². The van der Waals surface area contributed by atoms with Crippen LogP contribution in [0, 0.1) is 5.92 Å². The molecule has 0 radical (unpaired) electrons. The zero-order valence-electron chi connectivity index (χ0n) is 20.2. The van der Waals surface area contributed by atoms with Crippen LogP contribution in [-0.2, 0) is 12.8 Å². The molecule has 1 unspecified atom stereocenters. The molecule has 2 heterocycles. The first-order valence-electron chi connectivity index (χ1n) is 12.9. The number of para-hydroxylation sites is 1. The number of hydrogen-bond donors (Lipinski definition) is 0. The zero-order valence-corrected chi connectivity index (χ0v) is 20.2. The standard InChI is InChI=1S/C31H31N3O/c1-2-27-28(29(23-13-5-3-6-14-23)32-34(27)25-17-7-4-8-18-25)31(35)33-21-20-22-12-9-10-19-26(22)30(33)24-15-11-16-24/h3-10,12-14,17-19,24,30H,2,11,15-16,20-21H2,1H3. The molecule has 4 nitrogen and oxygen atoms in total. The lowest BCUT2D eigenvalue weighted by atomic mass is 9.73. The molecule has 3 aromatic carbocycles. The van der Waals surface area contributed by atoms with E-state index in [4.69, 9.17) is 5.10 Å². The van der Waals surface area contributed by atoms with Crippen molar-refractivity contribution in [2.24, 2.45) is 5.92 Å². The largest absolute Gasteiger partial charge is 0.331 e. The molecule has 1 aromatic heterocycles. The Balaban J connectivity index is 1.51. The van der Waals surface area contributed by atoms with Crippen LogP contribution in [0.25, 0.3) is 16.9 Å². The highest BCUT2D eigenvalue weighted by Crippen LogP contribution is 2.45. The van der Waals surface area contributed by atoms with Gasteiger partial charge in [-0.25, -0.2) is 4.68 Å². The molecule has 1 aliphatic carbocycles. The Hall–Kier alpha value is -3.66. The first-order valence-corrected chi connectivity index (χ1v) is 12.9. The van der Waals surface area contributed by atoms with E-state index >= 15 is 0 Å². The van der Waals surface area contributed by atoms with Crippen molar-refractivity contribution in [3.05, 3.63) is 107 Å². The van der Waals surface area contributed by atoms with Gasteiger partial charge >= 0.3 is 0 Å². The van der Waals surface area contributed by atoms with Crippen molar-refractivity contribution in [2.45, 2.75) is 45.1 Å². The van der Waals surface area contributed by atoms with Crippen molar-refractivity contribution in [3.63, 3.8) is 0 Å². The van der Waals surface area contributed by atoms with Gasteiger partial charge in [-0.15, -0.1) is 0 Å². The zero-order chi connectivity index (χ0) is 23.8. The van der Waals surface area contributed by atoms with Gasteiger partial charge in [-0.1, -0.05) is 86.1 Å². The molecule has 1 aliphatic heterocycles. The lowest BCUT2D eigenvalue weighted by Crippen LogP contribution is -2.45. The number of fused-ring (bicyclic) bond motifs is 1. The van der Waals surface area contributed by atoms with E-state index in [1.807, 2.05) is 41.1 Å². The summed E-state index contributed by atoms with van der Waals surface area (Å²) >= 11 is 0. The van der Waals surface area contributed by atoms with Crippen LogP contribution in [0.15, 0.2) is 84.9 Å². The molecule has 1 amide bonds. The van der Waals surface area contributed by atoms with E-state index < -0.39 is 0 Å². The van der Waals surface area contributed by atoms with Gasteiger partial charge in [0.25, 0.3) is 5.91 Å². The highest BCUT2D eigenvalue weighted by atomic mass is 16.2. The summed E-state index contributed by atoms with van der Waals surface area (Å²) in [4.78, 5) is 16.7. The van der Waals surface area contributed by atoms with Crippen LogP contribution in [0.1, 0.15) is 59.4 Å². The van der Waals surface area contributed by atoms with Gasteiger partial charge < -0.3 is 4.90 Å². The molecule has 176 valence electrons. The maximum absolute atomic E-state index is 14.6. The third-order valence-electron chi connectivity index (χ3n) is 7.77. The Bertz CT molecular complexity index is 1340. The number of nitrogens with zero attached hydrogens (tertiary/aromatic N) is 3. The lowest BCUT2D eigenvalue weighted by Gasteiger charge is -2.45. The monoisotopic (exact) mass is 461 g/mol. The summed E-state index contributed by atoms with van der Waals surface area (Å²) in [6, 6.07) is 29.2. The van der Waals surface area contributed by atoms with Gasteiger partial charge in [0.05, 0.1) is 23.0 Å². The van der Waals surface area contributed by atoms with Crippen molar-refractivity contribution < 1.29 is 4.79 Å². The van der Waals surface area contributed by atoms with Gasteiger partial charge in [0.2, 0.25) is 0 Å². The molecule has 1 atom stereocenters. The summed E-state index contributed by atoms with van der Waals surface area (Å²) in [6.45, 7) is 2.88. The fourth-order valence-corrected chi connectivity index (χ4v) is 5.82. The second-order valence-electron chi connectivity index (χ2n) is 9.72. The van der Waals surface area contributed by atoms with Gasteiger partial charge in [-0.2, -0.15) is 5.10 Å². The fraction of sp³-hybridized carbons (Fsp3) is 0.290. The molecule has 0 bridgehead atoms. The maximum Gasteiger partial charge on any atom is 0.258 e. The summed E-state index contributed by atoms with van der Waals surface area (Å²) in [7, 11) is 0. The first-order chi connectivity index (χ1) is 17.3. The Kier molecular flexibility index (Phi) is 5.73. The van der Waals surface area contributed by atoms with Gasteiger partial charge in [-0.3, -0.25) is 4.79 Å². The number of benzene rings is 3. The normalized spacial score (nSPS) is 17.6. The maximum atomic E-state index is 14.6. The molecular formula is C31H31N3O. The Morgan fingerprint density at radius 3 is 2.29 bits per heavy atom. The topological polar surface area (TPSA) is 38.1 Å². The van der Waals surface area contributed by atoms with Crippen LogP contribution >= 0.6 is 0 Å². The Morgan fingerprint density at radius 1 is 0.914 bits per heavy atom. The summed E-state index contributed by atoms with van der Waals surface area (Å²) in [5, 5.41) is 5.05. The van der Waals surface area contributed by atoms with E-state index in [-0.39, 0.29) is 11.9 Å². The number of aromatic nitrogens is 2. The number of hydrogen-bond acceptors (Lipinski definition) is 2. The van der Waals surface area contributed by atoms with E-state index in [9.17, 15) is 4.79 Å². The third-order valence-corrected chi connectivity index (χ3v) is 7.77. The van der Waals surface area contributed by atoms with Gasteiger partial charge in [0.15, 0.2) is 0 Å². The average Bonchev–Trinajstić information content (AvgIpc) is 3.28. The van der Waals surface area contributed by atoms with Crippen LogP contribution in [0.2, 0.25) is 0 Å². The van der Waals surface area contributed by atoms with Crippen LogP contribution in [0.4, 0.5) is 0 Å². The smallest absolute Gasteiger partial charge is 0.258 e. The van der Waals surface area contributed by atoms with E-state index in [1.54, 1.807) is 0 Å². The molecule has 4 aromatic rings. The molecular weight excluding hydrogens is 430 g/mol. The Morgan fingerprint density at radius 2 is 1.60 bits per heavy atom. The summed E-state index contributed by atoms with van der Waals surface area (Å²) in [5.41, 5.74) is 7.22. The minimum Gasteiger partial charge on any atom is -0.331 e. The second kappa shape index (κ2) is 9.18. The molecule has 1 fully saturated rings. The number of carbonyl (C=O) groups excluding carboxylic acids is 1. The molecule has 4 heteroatoms.